The molecule has 0 aliphatic carbocycles. The van der Waals surface area contributed by atoms with Gasteiger partial charge in [0.1, 0.15) is 0 Å². The van der Waals surface area contributed by atoms with Crippen LogP contribution in [-0.2, 0) is 4.43 Å². The minimum absolute atomic E-state index is 0.360. The fraction of sp³-hybridized carbons (Fsp3) is 0.500. The smallest absolute Gasteiger partial charge is 0.176 e. The van der Waals surface area contributed by atoms with E-state index < -0.39 is 8.56 Å². The van der Waals surface area contributed by atoms with E-state index in [0.29, 0.717) is 17.6 Å². The standard InChI is InChI=1S/C4H12OSi3/c1-2-8-5-3-4-6-7-8/h2,8H,1,3-4,6-7H2. The minimum atomic E-state index is -0.641. The Kier molecular flexibility index (Phi) is 2.74. The van der Waals surface area contributed by atoms with Crippen LogP contribution < -0.4 is 0 Å². The molecule has 1 nitrogen and oxygen atoms in total. The average Bonchev–Trinajstić information content (AvgIpc) is 1.90. The summed E-state index contributed by atoms with van der Waals surface area (Å²) in [6.45, 7) is 4.86. The molecule has 1 saturated heterocycles. The maximum Gasteiger partial charge on any atom is 0.176 e. The van der Waals surface area contributed by atoms with E-state index >= 15 is 0 Å². The maximum atomic E-state index is 5.54. The lowest BCUT2D eigenvalue weighted by atomic mass is 10.9. The Balaban J connectivity index is 2.22. The molecule has 0 bridgehead atoms. The van der Waals surface area contributed by atoms with Gasteiger partial charge in [0.25, 0.3) is 0 Å². The maximum absolute atomic E-state index is 5.54. The van der Waals surface area contributed by atoms with Crippen LogP contribution in [-0.4, -0.2) is 32.8 Å². The van der Waals surface area contributed by atoms with Crippen LogP contribution in [0.3, 0.4) is 0 Å². The lowest BCUT2D eigenvalue weighted by molar-refractivity contribution is 0.358. The number of rotatable bonds is 1. The first-order chi connectivity index (χ1) is 3.93. The van der Waals surface area contributed by atoms with Crippen LogP contribution in [0, 0.1) is 0 Å². The van der Waals surface area contributed by atoms with E-state index in [4.69, 9.17) is 4.43 Å². The Bertz CT molecular complexity index is 79.4. The summed E-state index contributed by atoms with van der Waals surface area (Å²) in [7, 11) is 0.174. The molecule has 1 aliphatic heterocycles. The molecular weight excluding hydrogens is 148 g/mol. The summed E-state index contributed by atoms with van der Waals surface area (Å²) >= 11 is 0. The van der Waals surface area contributed by atoms with Crippen molar-refractivity contribution in [1.82, 2.24) is 0 Å². The van der Waals surface area contributed by atoms with Gasteiger partial charge in [0.05, 0.1) is 0 Å². The van der Waals surface area contributed by atoms with Crippen molar-refractivity contribution in [2.45, 2.75) is 6.04 Å². The Morgan fingerprint density at radius 3 is 3.00 bits per heavy atom. The van der Waals surface area contributed by atoms with E-state index in [1.165, 1.54) is 6.04 Å². The molecule has 1 unspecified atom stereocenters. The topological polar surface area (TPSA) is 9.23 Å². The molecule has 1 fully saturated rings. The van der Waals surface area contributed by atoms with E-state index in [9.17, 15) is 0 Å². The molecule has 0 radical (unpaired) electrons. The van der Waals surface area contributed by atoms with E-state index in [1.807, 2.05) is 0 Å². The molecule has 0 spiro atoms. The Morgan fingerprint density at radius 2 is 2.62 bits per heavy atom. The van der Waals surface area contributed by atoms with Gasteiger partial charge in [0.2, 0.25) is 0 Å². The van der Waals surface area contributed by atoms with Crippen LogP contribution in [0.15, 0.2) is 12.3 Å². The Labute approximate surface area is 56.1 Å². The molecule has 0 aromatic heterocycles. The van der Waals surface area contributed by atoms with Crippen molar-refractivity contribution in [1.29, 1.82) is 0 Å². The SMILES string of the molecule is C=C[SiH]1OCC[SiH2][SiH2]1. The summed E-state index contributed by atoms with van der Waals surface area (Å²) in [6, 6.07) is 1.46. The number of hydrogen-bond acceptors (Lipinski definition) is 1. The molecular formula is C4H12OSi3. The molecule has 8 heavy (non-hydrogen) atoms. The van der Waals surface area contributed by atoms with Crippen molar-refractivity contribution in [2.75, 3.05) is 6.61 Å². The van der Waals surface area contributed by atoms with Crippen molar-refractivity contribution in [3.8, 4) is 0 Å². The van der Waals surface area contributed by atoms with E-state index in [1.54, 1.807) is 0 Å². The van der Waals surface area contributed by atoms with Gasteiger partial charge < -0.3 is 4.43 Å². The molecule has 0 N–H and O–H groups in total. The zero-order valence-corrected chi connectivity index (χ0v) is 9.08. The largest absolute Gasteiger partial charge is 0.420 e. The second-order valence-electron chi connectivity index (χ2n) is 2.14. The van der Waals surface area contributed by atoms with Gasteiger partial charge in [-0.3, -0.25) is 0 Å². The first-order valence-corrected chi connectivity index (χ1v) is 12.6. The van der Waals surface area contributed by atoms with Crippen LogP contribution in [0.4, 0.5) is 0 Å². The third kappa shape index (κ3) is 1.70. The first-order valence-electron chi connectivity index (χ1n) is 3.17. The summed E-state index contributed by atoms with van der Waals surface area (Å²) in [5, 5.41) is 0. The highest BCUT2D eigenvalue weighted by Crippen LogP contribution is 1.94. The summed E-state index contributed by atoms with van der Waals surface area (Å²) in [5.41, 5.74) is 2.12. The van der Waals surface area contributed by atoms with Crippen molar-refractivity contribution in [3.05, 3.63) is 12.3 Å². The van der Waals surface area contributed by atoms with E-state index in [0.717, 1.165) is 6.61 Å². The molecule has 1 heterocycles. The summed E-state index contributed by atoms with van der Waals surface area (Å²) in [6.07, 6.45) is 0. The summed E-state index contributed by atoms with van der Waals surface area (Å²) < 4.78 is 5.54. The van der Waals surface area contributed by atoms with Gasteiger partial charge in [-0.15, -0.1) is 6.58 Å². The van der Waals surface area contributed by atoms with Crippen molar-refractivity contribution in [3.63, 3.8) is 0 Å². The van der Waals surface area contributed by atoms with Crippen LogP contribution in [0.2, 0.25) is 6.04 Å². The van der Waals surface area contributed by atoms with Gasteiger partial charge in [-0.1, -0.05) is 5.70 Å². The lowest BCUT2D eigenvalue weighted by Gasteiger charge is -2.16. The molecule has 0 saturated carbocycles. The Morgan fingerprint density at radius 1 is 1.75 bits per heavy atom. The third-order valence-electron chi connectivity index (χ3n) is 1.48. The highest BCUT2D eigenvalue weighted by Gasteiger charge is 2.11. The fourth-order valence-corrected chi connectivity index (χ4v) is 17.6. The third-order valence-corrected chi connectivity index (χ3v) is 19.4. The summed E-state index contributed by atoms with van der Waals surface area (Å²) in [5.74, 6) is 0. The molecule has 1 aliphatic rings. The monoisotopic (exact) mass is 160 g/mol. The molecule has 0 amide bonds. The van der Waals surface area contributed by atoms with Gasteiger partial charge in [-0.05, 0) is 6.04 Å². The van der Waals surface area contributed by atoms with Crippen molar-refractivity contribution < 1.29 is 4.43 Å². The average molecular weight is 160 g/mol. The van der Waals surface area contributed by atoms with E-state index in [-0.39, 0.29) is 0 Å². The van der Waals surface area contributed by atoms with Crippen LogP contribution in [0.5, 0.6) is 0 Å². The highest BCUT2D eigenvalue weighted by molar-refractivity contribution is 7.35. The first kappa shape index (κ1) is 6.47. The van der Waals surface area contributed by atoms with Gasteiger partial charge in [-0.25, -0.2) is 0 Å². The van der Waals surface area contributed by atoms with Crippen LogP contribution >= 0.6 is 0 Å². The molecule has 1 rings (SSSR count). The van der Waals surface area contributed by atoms with Gasteiger partial charge >= 0.3 is 0 Å². The van der Waals surface area contributed by atoms with Crippen LogP contribution in [0.1, 0.15) is 0 Å². The van der Waals surface area contributed by atoms with E-state index in [2.05, 4.69) is 12.3 Å². The quantitative estimate of drug-likeness (QED) is 0.430. The lowest BCUT2D eigenvalue weighted by Crippen LogP contribution is -2.34. The highest BCUT2D eigenvalue weighted by atomic mass is 29.5. The zero-order valence-electron chi connectivity index (χ0n) is 5.10. The molecule has 4 heteroatoms. The molecule has 46 valence electrons. The van der Waals surface area contributed by atoms with Gasteiger partial charge in [0, 0.05) is 24.2 Å². The van der Waals surface area contributed by atoms with Gasteiger partial charge in [0.15, 0.2) is 8.56 Å². The minimum Gasteiger partial charge on any atom is -0.420 e. The molecule has 0 aromatic carbocycles. The Hall–Kier alpha value is 0.351. The normalized spacial score (nSPS) is 35.8. The predicted molar refractivity (Wildman–Crippen MR) is 45.2 cm³/mol. The second kappa shape index (κ2) is 3.39. The molecule has 0 aromatic rings. The zero-order chi connectivity index (χ0) is 5.82. The predicted octanol–water partition coefficient (Wildman–Crippen LogP) is -1.37. The van der Waals surface area contributed by atoms with Crippen LogP contribution in [0.25, 0.3) is 0 Å². The van der Waals surface area contributed by atoms with Crippen molar-refractivity contribution >= 4 is 26.1 Å². The number of hydrogen-bond donors (Lipinski definition) is 0. The summed E-state index contributed by atoms with van der Waals surface area (Å²) in [4.78, 5) is 0. The van der Waals surface area contributed by atoms with Crippen molar-refractivity contribution in [2.24, 2.45) is 0 Å². The molecule has 1 atom stereocenters. The second-order valence-corrected chi connectivity index (χ2v) is 17.5. The van der Waals surface area contributed by atoms with Gasteiger partial charge in [-0.2, -0.15) is 0 Å². The fourth-order valence-electron chi connectivity index (χ4n) is 0.952.